The van der Waals surface area contributed by atoms with Gasteiger partial charge in [-0.05, 0) is 23.1 Å². The minimum atomic E-state index is -0.180. The van der Waals surface area contributed by atoms with Crippen molar-refractivity contribution in [3.8, 4) is 0 Å². The van der Waals surface area contributed by atoms with Gasteiger partial charge in [-0.15, -0.1) is 0 Å². The van der Waals surface area contributed by atoms with Gasteiger partial charge in [0.25, 0.3) is 5.91 Å². The number of benzene rings is 1. The first-order chi connectivity index (χ1) is 10.4. The van der Waals surface area contributed by atoms with Crippen LogP contribution < -0.4 is 5.32 Å². The summed E-state index contributed by atoms with van der Waals surface area (Å²) >= 11 is 0. The number of amides is 1. The van der Waals surface area contributed by atoms with Crippen molar-refractivity contribution in [3.63, 3.8) is 0 Å². The number of carbonyl (C=O) groups is 1. The second kappa shape index (κ2) is 5.26. The fourth-order valence-electron chi connectivity index (χ4n) is 2.39. The highest BCUT2D eigenvalue weighted by Gasteiger charge is 2.19. The van der Waals surface area contributed by atoms with Gasteiger partial charge in [-0.2, -0.15) is 0 Å². The van der Waals surface area contributed by atoms with Crippen LogP contribution >= 0.6 is 0 Å². The molecule has 3 rings (SSSR count). The first kappa shape index (κ1) is 14.3. The minimum absolute atomic E-state index is 0.0462. The van der Waals surface area contributed by atoms with Crippen LogP contribution in [0.4, 0.5) is 5.69 Å². The predicted octanol–water partition coefficient (Wildman–Crippen LogP) is 3.51. The van der Waals surface area contributed by atoms with Crippen molar-refractivity contribution in [2.24, 2.45) is 0 Å². The number of fused-ring (bicyclic) bond motifs is 1. The number of anilines is 1. The Hall–Kier alpha value is -2.69. The number of imidazole rings is 1. The monoisotopic (exact) mass is 294 g/mol. The summed E-state index contributed by atoms with van der Waals surface area (Å²) in [5.41, 5.74) is 3.72. The number of nitrogens with one attached hydrogen (secondary N) is 2. The molecule has 22 heavy (non-hydrogen) atoms. The molecule has 0 bridgehead atoms. The van der Waals surface area contributed by atoms with E-state index in [9.17, 15) is 4.79 Å². The third-order valence-electron chi connectivity index (χ3n) is 3.52. The average Bonchev–Trinajstić information content (AvgIpc) is 2.94. The molecule has 1 aromatic carbocycles. The zero-order chi connectivity index (χ0) is 15.7. The first-order valence-corrected chi connectivity index (χ1v) is 7.15. The molecule has 0 fully saturated rings. The van der Waals surface area contributed by atoms with Gasteiger partial charge < -0.3 is 10.3 Å². The highest BCUT2D eigenvalue weighted by molar-refractivity contribution is 6.05. The molecule has 112 valence electrons. The topological polar surface area (TPSA) is 70.7 Å². The second-order valence-electron chi connectivity index (χ2n) is 6.25. The van der Waals surface area contributed by atoms with E-state index < -0.39 is 0 Å². The van der Waals surface area contributed by atoms with Crippen molar-refractivity contribution in [2.75, 3.05) is 5.32 Å². The Balaban J connectivity index is 1.91. The van der Waals surface area contributed by atoms with Crippen molar-refractivity contribution >= 4 is 22.8 Å². The van der Waals surface area contributed by atoms with E-state index in [2.05, 4.69) is 41.0 Å². The van der Waals surface area contributed by atoms with Crippen LogP contribution in [0.15, 0.2) is 42.9 Å². The fraction of sp³-hybridized carbons (Fsp3) is 0.235. The summed E-state index contributed by atoms with van der Waals surface area (Å²) < 4.78 is 0. The zero-order valence-electron chi connectivity index (χ0n) is 12.8. The lowest BCUT2D eigenvalue weighted by molar-refractivity contribution is 0.102. The summed E-state index contributed by atoms with van der Waals surface area (Å²) in [6.45, 7) is 6.36. The number of aromatic nitrogens is 3. The Labute approximate surface area is 128 Å². The van der Waals surface area contributed by atoms with Crippen LogP contribution in [0, 0.1) is 0 Å². The average molecular weight is 294 g/mol. The van der Waals surface area contributed by atoms with E-state index in [1.165, 1.54) is 6.20 Å². The van der Waals surface area contributed by atoms with E-state index >= 15 is 0 Å². The molecule has 0 aliphatic carbocycles. The lowest BCUT2D eigenvalue weighted by Crippen LogP contribution is -2.18. The van der Waals surface area contributed by atoms with Gasteiger partial charge in [0.1, 0.15) is 0 Å². The van der Waals surface area contributed by atoms with Crippen LogP contribution in [0.1, 0.15) is 36.7 Å². The van der Waals surface area contributed by atoms with Gasteiger partial charge in [0.15, 0.2) is 5.65 Å². The molecule has 2 aromatic heterocycles. The highest BCUT2D eigenvalue weighted by atomic mass is 16.1. The number of pyridine rings is 1. The van der Waals surface area contributed by atoms with Gasteiger partial charge in [-0.3, -0.25) is 4.79 Å². The first-order valence-electron chi connectivity index (χ1n) is 7.15. The van der Waals surface area contributed by atoms with Crippen LogP contribution in [-0.2, 0) is 5.41 Å². The highest BCUT2D eigenvalue weighted by Crippen LogP contribution is 2.29. The summed E-state index contributed by atoms with van der Waals surface area (Å²) in [7, 11) is 0. The molecule has 0 saturated carbocycles. The molecule has 2 N–H and O–H groups in total. The van der Waals surface area contributed by atoms with E-state index in [1.54, 1.807) is 12.4 Å². The maximum absolute atomic E-state index is 12.5. The second-order valence-corrected chi connectivity index (χ2v) is 6.25. The number of aromatic amines is 1. The standard InChI is InChI=1S/C17H18N4O/c1-17(2,3)12-6-4-5-7-13(12)21-16(22)11-8-14-15(18-9-11)20-10-19-14/h4-10H,1-3H3,(H,21,22)(H,18,19,20). The number of para-hydroxylation sites is 1. The number of rotatable bonds is 2. The zero-order valence-corrected chi connectivity index (χ0v) is 12.8. The molecule has 1 amide bonds. The van der Waals surface area contributed by atoms with Crippen molar-refractivity contribution in [1.29, 1.82) is 0 Å². The molecule has 5 heteroatoms. The molecule has 0 aliphatic rings. The minimum Gasteiger partial charge on any atom is -0.343 e. The smallest absolute Gasteiger partial charge is 0.257 e. The van der Waals surface area contributed by atoms with Crippen LogP contribution in [0.5, 0.6) is 0 Å². The van der Waals surface area contributed by atoms with Gasteiger partial charge in [0, 0.05) is 11.9 Å². The third kappa shape index (κ3) is 2.70. The van der Waals surface area contributed by atoms with E-state index in [1.807, 2.05) is 24.3 Å². The molecular formula is C17H18N4O. The van der Waals surface area contributed by atoms with Crippen molar-refractivity contribution in [3.05, 3.63) is 54.0 Å². The summed E-state index contributed by atoms with van der Waals surface area (Å²) in [5.74, 6) is -0.180. The molecule has 2 heterocycles. The maximum atomic E-state index is 12.5. The van der Waals surface area contributed by atoms with Crippen LogP contribution in [0.25, 0.3) is 11.2 Å². The van der Waals surface area contributed by atoms with Crippen LogP contribution in [0.3, 0.4) is 0 Å². The summed E-state index contributed by atoms with van der Waals surface area (Å²) in [6.07, 6.45) is 3.10. The molecule has 0 saturated heterocycles. The molecule has 0 radical (unpaired) electrons. The summed E-state index contributed by atoms with van der Waals surface area (Å²) in [5, 5.41) is 2.98. The number of hydrogen-bond donors (Lipinski definition) is 2. The third-order valence-corrected chi connectivity index (χ3v) is 3.52. The van der Waals surface area contributed by atoms with E-state index in [-0.39, 0.29) is 11.3 Å². The Bertz CT molecular complexity index is 830. The lowest BCUT2D eigenvalue weighted by atomic mass is 9.86. The molecule has 0 spiro atoms. The number of H-pyrrole nitrogens is 1. The van der Waals surface area contributed by atoms with Gasteiger partial charge in [-0.25, -0.2) is 9.97 Å². The van der Waals surface area contributed by atoms with Crippen LogP contribution in [0.2, 0.25) is 0 Å². The molecule has 0 unspecified atom stereocenters. The summed E-state index contributed by atoms with van der Waals surface area (Å²) in [4.78, 5) is 23.7. The van der Waals surface area contributed by atoms with Gasteiger partial charge >= 0.3 is 0 Å². The quantitative estimate of drug-likeness (QED) is 0.760. The fourth-order valence-corrected chi connectivity index (χ4v) is 2.39. The normalized spacial score (nSPS) is 11.6. The largest absolute Gasteiger partial charge is 0.343 e. The maximum Gasteiger partial charge on any atom is 0.257 e. The lowest BCUT2D eigenvalue weighted by Gasteiger charge is -2.23. The van der Waals surface area contributed by atoms with Gasteiger partial charge in [0.2, 0.25) is 0 Å². The molecule has 3 aromatic rings. The molecule has 0 aliphatic heterocycles. The van der Waals surface area contributed by atoms with Gasteiger partial charge in [-0.1, -0.05) is 39.0 Å². The van der Waals surface area contributed by atoms with Crippen molar-refractivity contribution in [1.82, 2.24) is 15.0 Å². The molecule has 0 atom stereocenters. The van der Waals surface area contributed by atoms with E-state index in [0.717, 1.165) is 16.8 Å². The Morgan fingerprint density at radius 2 is 1.95 bits per heavy atom. The Morgan fingerprint density at radius 3 is 2.73 bits per heavy atom. The number of nitrogens with zero attached hydrogens (tertiary/aromatic N) is 2. The van der Waals surface area contributed by atoms with Gasteiger partial charge in [0.05, 0.1) is 17.4 Å². The molecule has 5 nitrogen and oxygen atoms in total. The number of carbonyl (C=O) groups excluding carboxylic acids is 1. The van der Waals surface area contributed by atoms with Crippen LogP contribution in [-0.4, -0.2) is 20.9 Å². The van der Waals surface area contributed by atoms with E-state index in [4.69, 9.17) is 0 Å². The molecular weight excluding hydrogens is 276 g/mol. The Morgan fingerprint density at radius 1 is 1.18 bits per heavy atom. The van der Waals surface area contributed by atoms with E-state index in [0.29, 0.717) is 11.2 Å². The van der Waals surface area contributed by atoms with Crippen molar-refractivity contribution < 1.29 is 4.79 Å². The SMILES string of the molecule is CC(C)(C)c1ccccc1NC(=O)c1cnc2nc[nH]c2c1. The van der Waals surface area contributed by atoms with Crippen molar-refractivity contribution in [2.45, 2.75) is 26.2 Å². The predicted molar refractivity (Wildman–Crippen MR) is 87.0 cm³/mol. The number of hydrogen-bond acceptors (Lipinski definition) is 3. The Kier molecular flexibility index (Phi) is 3.41. The summed E-state index contributed by atoms with van der Waals surface area (Å²) in [6, 6.07) is 9.60.